The Morgan fingerprint density at radius 3 is 2.74 bits per heavy atom. The lowest BCUT2D eigenvalue weighted by Crippen LogP contribution is -2.10. The van der Waals surface area contributed by atoms with Crippen LogP contribution in [0.25, 0.3) is 0 Å². The van der Waals surface area contributed by atoms with Gasteiger partial charge in [-0.25, -0.2) is 4.39 Å². The summed E-state index contributed by atoms with van der Waals surface area (Å²) in [5.41, 5.74) is 0.164. The second kappa shape index (κ2) is 7.73. The molecule has 0 amide bonds. The van der Waals surface area contributed by atoms with E-state index in [1.165, 1.54) is 24.3 Å². The van der Waals surface area contributed by atoms with Crippen molar-refractivity contribution in [3.63, 3.8) is 0 Å². The second-order valence-electron chi connectivity index (χ2n) is 4.56. The van der Waals surface area contributed by atoms with Crippen LogP contribution in [0.4, 0.5) is 4.39 Å². The summed E-state index contributed by atoms with van der Waals surface area (Å²) < 4.78 is 24.5. The molecule has 0 radical (unpaired) electrons. The van der Waals surface area contributed by atoms with Gasteiger partial charge < -0.3 is 9.47 Å². The van der Waals surface area contributed by atoms with Crippen molar-refractivity contribution in [2.45, 2.75) is 6.92 Å². The third-order valence-corrected chi connectivity index (χ3v) is 3.20. The van der Waals surface area contributed by atoms with Gasteiger partial charge in [0, 0.05) is 17.7 Å². The van der Waals surface area contributed by atoms with Crippen molar-refractivity contribution in [1.82, 2.24) is 0 Å². The Labute approximate surface area is 138 Å². The molecule has 118 valence electrons. The SMILES string of the molecule is CCOCC(=O)c1ccc(Oc2ccc(Cl)cc2C#N)cc1F. The summed E-state index contributed by atoms with van der Waals surface area (Å²) >= 11 is 5.81. The lowest BCUT2D eigenvalue weighted by Gasteiger charge is -2.09. The Morgan fingerprint density at radius 2 is 2.09 bits per heavy atom. The highest BCUT2D eigenvalue weighted by atomic mass is 35.5. The molecular formula is C17H13ClFNO3. The predicted octanol–water partition coefficient (Wildman–Crippen LogP) is 4.36. The number of carbonyl (C=O) groups is 1. The summed E-state index contributed by atoms with van der Waals surface area (Å²) in [6, 6.07) is 10.4. The number of rotatable bonds is 6. The van der Waals surface area contributed by atoms with Gasteiger partial charge >= 0.3 is 0 Å². The van der Waals surface area contributed by atoms with Crippen LogP contribution in [-0.4, -0.2) is 19.0 Å². The molecule has 0 atom stereocenters. The Hall–Kier alpha value is -2.42. The number of hydrogen-bond acceptors (Lipinski definition) is 4. The van der Waals surface area contributed by atoms with Gasteiger partial charge in [-0.2, -0.15) is 5.26 Å². The molecule has 0 N–H and O–H groups in total. The number of halogens is 2. The number of nitrogens with zero attached hydrogens (tertiary/aromatic N) is 1. The number of ketones is 1. The molecule has 0 aliphatic heterocycles. The monoisotopic (exact) mass is 333 g/mol. The number of ether oxygens (including phenoxy) is 2. The van der Waals surface area contributed by atoms with Gasteiger partial charge in [-0.1, -0.05) is 11.6 Å². The van der Waals surface area contributed by atoms with Gasteiger partial charge in [-0.3, -0.25) is 4.79 Å². The Kier molecular flexibility index (Phi) is 5.69. The van der Waals surface area contributed by atoms with Crippen LogP contribution >= 0.6 is 11.6 Å². The van der Waals surface area contributed by atoms with Crippen molar-refractivity contribution in [2.75, 3.05) is 13.2 Å². The van der Waals surface area contributed by atoms with Crippen molar-refractivity contribution in [3.8, 4) is 17.6 Å². The van der Waals surface area contributed by atoms with Crippen LogP contribution in [0.15, 0.2) is 36.4 Å². The first kappa shape index (κ1) is 16.9. The zero-order chi connectivity index (χ0) is 16.8. The summed E-state index contributed by atoms with van der Waals surface area (Å²) in [7, 11) is 0. The van der Waals surface area contributed by atoms with Gasteiger partial charge in [-0.15, -0.1) is 0 Å². The van der Waals surface area contributed by atoms with Gasteiger partial charge in [0.15, 0.2) is 5.78 Å². The maximum atomic E-state index is 14.0. The van der Waals surface area contributed by atoms with Crippen LogP contribution in [0.2, 0.25) is 5.02 Å². The molecule has 2 aromatic carbocycles. The van der Waals surface area contributed by atoms with Crippen LogP contribution in [0.5, 0.6) is 11.5 Å². The standard InChI is InChI=1S/C17H13ClFNO3/c1-2-22-10-16(21)14-5-4-13(8-15(14)19)23-17-6-3-12(18)7-11(17)9-20/h3-8H,2,10H2,1H3. The van der Waals surface area contributed by atoms with E-state index in [1.807, 2.05) is 6.07 Å². The Morgan fingerprint density at radius 1 is 1.30 bits per heavy atom. The van der Waals surface area contributed by atoms with E-state index in [4.69, 9.17) is 26.3 Å². The minimum Gasteiger partial charge on any atom is -0.456 e. The van der Waals surface area contributed by atoms with E-state index in [1.54, 1.807) is 13.0 Å². The van der Waals surface area contributed by atoms with Gasteiger partial charge in [-0.05, 0) is 37.3 Å². The molecule has 2 rings (SSSR count). The first-order chi connectivity index (χ1) is 11.0. The van der Waals surface area contributed by atoms with Crippen molar-refractivity contribution in [3.05, 3.63) is 58.4 Å². The minimum absolute atomic E-state index is 0.0672. The van der Waals surface area contributed by atoms with Crippen LogP contribution in [0, 0.1) is 17.1 Å². The molecule has 0 heterocycles. The summed E-state index contributed by atoms with van der Waals surface area (Å²) in [5, 5.41) is 9.45. The van der Waals surface area contributed by atoms with Gasteiger partial charge in [0.25, 0.3) is 0 Å². The summed E-state index contributed by atoms with van der Waals surface area (Å²) in [6.07, 6.45) is 0. The molecule has 6 heteroatoms. The van der Waals surface area contributed by atoms with Crippen LogP contribution in [0.1, 0.15) is 22.8 Å². The fourth-order valence-electron chi connectivity index (χ4n) is 1.86. The summed E-state index contributed by atoms with van der Waals surface area (Å²) in [6.45, 7) is 1.95. The fourth-order valence-corrected chi connectivity index (χ4v) is 2.04. The van der Waals surface area contributed by atoms with Crippen molar-refractivity contribution in [1.29, 1.82) is 5.26 Å². The van der Waals surface area contributed by atoms with E-state index in [0.29, 0.717) is 11.6 Å². The van der Waals surface area contributed by atoms with E-state index in [0.717, 1.165) is 6.07 Å². The number of nitriles is 1. The quantitative estimate of drug-likeness (QED) is 0.737. The summed E-state index contributed by atoms with van der Waals surface area (Å²) in [5.74, 6) is -0.723. The molecular weight excluding hydrogens is 321 g/mol. The topological polar surface area (TPSA) is 59.3 Å². The minimum atomic E-state index is -0.709. The zero-order valence-corrected chi connectivity index (χ0v) is 13.1. The van der Waals surface area contributed by atoms with E-state index >= 15 is 0 Å². The van der Waals surface area contributed by atoms with Crippen molar-refractivity contribution < 1.29 is 18.7 Å². The molecule has 0 saturated heterocycles. The average molecular weight is 334 g/mol. The third-order valence-electron chi connectivity index (χ3n) is 2.97. The van der Waals surface area contributed by atoms with Crippen molar-refractivity contribution in [2.24, 2.45) is 0 Å². The Balaban J connectivity index is 2.21. The first-order valence-corrected chi connectivity index (χ1v) is 7.21. The highest BCUT2D eigenvalue weighted by Gasteiger charge is 2.14. The lowest BCUT2D eigenvalue weighted by molar-refractivity contribution is 0.0779. The van der Waals surface area contributed by atoms with Gasteiger partial charge in [0.05, 0.1) is 11.1 Å². The first-order valence-electron chi connectivity index (χ1n) is 6.83. The van der Waals surface area contributed by atoms with Crippen molar-refractivity contribution >= 4 is 17.4 Å². The average Bonchev–Trinajstić information content (AvgIpc) is 2.54. The van der Waals surface area contributed by atoms with E-state index < -0.39 is 11.6 Å². The lowest BCUT2D eigenvalue weighted by atomic mass is 10.1. The highest BCUT2D eigenvalue weighted by Crippen LogP contribution is 2.28. The third kappa shape index (κ3) is 4.28. The molecule has 0 aromatic heterocycles. The molecule has 0 spiro atoms. The fraction of sp³-hybridized carbons (Fsp3) is 0.176. The number of carbonyl (C=O) groups excluding carboxylic acids is 1. The van der Waals surface area contributed by atoms with Gasteiger partial charge in [0.2, 0.25) is 0 Å². The summed E-state index contributed by atoms with van der Waals surface area (Å²) in [4.78, 5) is 11.8. The maximum absolute atomic E-state index is 14.0. The molecule has 2 aromatic rings. The number of Topliss-reactive ketones (excluding diaryl/α,β-unsaturated/α-hetero) is 1. The predicted molar refractivity (Wildman–Crippen MR) is 83.5 cm³/mol. The molecule has 0 fully saturated rings. The smallest absolute Gasteiger partial charge is 0.191 e. The second-order valence-corrected chi connectivity index (χ2v) is 4.99. The van der Waals surface area contributed by atoms with Gasteiger partial charge in [0.1, 0.15) is 30.0 Å². The molecule has 23 heavy (non-hydrogen) atoms. The highest BCUT2D eigenvalue weighted by molar-refractivity contribution is 6.30. The normalized spacial score (nSPS) is 10.2. The molecule has 0 unspecified atom stereocenters. The molecule has 0 aliphatic rings. The largest absolute Gasteiger partial charge is 0.456 e. The zero-order valence-electron chi connectivity index (χ0n) is 12.3. The molecule has 0 saturated carbocycles. The molecule has 4 nitrogen and oxygen atoms in total. The van der Waals surface area contributed by atoms with E-state index in [-0.39, 0.29) is 29.2 Å². The maximum Gasteiger partial charge on any atom is 0.191 e. The van der Waals surface area contributed by atoms with Crippen LogP contribution in [0.3, 0.4) is 0 Å². The number of hydrogen-bond donors (Lipinski definition) is 0. The Bertz CT molecular complexity index is 771. The van der Waals surface area contributed by atoms with E-state index in [2.05, 4.69) is 0 Å². The molecule has 0 bridgehead atoms. The van der Waals surface area contributed by atoms with Crippen LogP contribution in [-0.2, 0) is 4.74 Å². The number of benzene rings is 2. The van der Waals surface area contributed by atoms with E-state index in [9.17, 15) is 9.18 Å². The van der Waals surface area contributed by atoms with Crippen LogP contribution < -0.4 is 4.74 Å². The molecule has 0 aliphatic carbocycles.